The molecule has 2 aromatic carbocycles. The third-order valence-corrected chi connectivity index (χ3v) is 5.67. The second-order valence-electron chi connectivity index (χ2n) is 6.74. The number of ether oxygens (including phenoxy) is 1. The summed E-state index contributed by atoms with van der Waals surface area (Å²) < 4.78 is 48.0. The monoisotopic (exact) mass is 439 g/mol. The van der Waals surface area contributed by atoms with Crippen LogP contribution in [0.25, 0.3) is 5.82 Å². The second kappa shape index (κ2) is 8.15. The number of aryl methyl sites for hydroxylation is 2. The lowest BCUT2D eigenvalue weighted by molar-refractivity contribution is 0.460. The molecule has 0 aliphatic carbocycles. The van der Waals surface area contributed by atoms with Gasteiger partial charge in [-0.2, -0.15) is 5.10 Å². The number of hydrogen-bond donors (Lipinski definition) is 1. The molecular formula is C21H18FN5O3S. The number of nitrogens with zero attached hydrogens (tertiary/aromatic N) is 4. The average Bonchev–Trinajstić information content (AvgIpc) is 3.07. The van der Waals surface area contributed by atoms with E-state index in [4.69, 9.17) is 4.74 Å². The van der Waals surface area contributed by atoms with E-state index in [1.165, 1.54) is 36.7 Å². The zero-order chi connectivity index (χ0) is 22.0. The van der Waals surface area contributed by atoms with Crippen molar-refractivity contribution in [2.75, 3.05) is 4.72 Å². The van der Waals surface area contributed by atoms with Gasteiger partial charge in [-0.05, 0) is 62.4 Å². The largest absolute Gasteiger partial charge is 0.439 e. The highest BCUT2D eigenvalue weighted by Crippen LogP contribution is 2.24. The Balaban J connectivity index is 1.49. The first-order chi connectivity index (χ1) is 14.8. The Morgan fingerprint density at radius 2 is 1.77 bits per heavy atom. The molecule has 0 atom stereocenters. The predicted molar refractivity (Wildman–Crippen MR) is 112 cm³/mol. The van der Waals surface area contributed by atoms with E-state index >= 15 is 0 Å². The quantitative estimate of drug-likeness (QED) is 0.487. The maximum Gasteiger partial charge on any atom is 0.261 e. The average molecular weight is 439 g/mol. The number of hydrogen-bond acceptors (Lipinski definition) is 6. The Labute approximate surface area is 178 Å². The summed E-state index contributed by atoms with van der Waals surface area (Å²) in [5, 5.41) is 4.39. The highest BCUT2D eigenvalue weighted by Gasteiger charge is 2.15. The molecule has 0 unspecified atom stereocenters. The molecule has 2 heterocycles. The molecular weight excluding hydrogens is 421 g/mol. The van der Waals surface area contributed by atoms with Crippen LogP contribution < -0.4 is 9.46 Å². The number of anilines is 1. The molecule has 0 saturated heterocycles. The van der Waals surface area contributed by atoms with Crippen molar-refractivity contribution in [2.45, 2.75) is 18.7 Å². The van der Waals surface area contributed by atoms with Gasteiger partial charge in [0.1, 0.15) is 17.9 Å². The molecule has 2 aromatic heterocycles. The minimum absolute atomic E-state index is 0.162. The van der Waals surface area contributed by atoms with Gasteiger partial charge in [0.15, 0.2) is 5.82 Å². The third kappa shape index (κ3) is 4.69. The van der Waals surface area contributed by atoms with Crippen molar-refractivity contribution in [2.24, 2.45) is 0 Å². The fourth-order valence-electron chi connectivity index (χ4n) is 2.92. The van der Waals surface area contributed by atoms with Crippen molar-refractivity contribution in [3.05, 3.63) is 84.2 Å². The minimum atomic E-state index is -3.91. The standard InChI is InChI=1S/C21H18FN5O3S/c1-14-10-15(2)27(25-14)20-12-21(24-13-23-20)30-18-8-6-17(7-9-18)26-31(28,29)19-5-3-4-16(22)11-19/h3-13,26H,1-2H3. The van der Waals surface area contributed by atoms with Gasteiger partial charge in [-0.3, -0.25) is 4.72 Å². The number of nitrogens with one attached hydrogen (secondary N) is 1. The van der Waals surface area contributed by atoms with E-state index < -0.39 is 15.8 Å². The van der Waals surface area contributed by atoms with Crippen LogP contribution in [0.2, 0.25) is 0 Å². The topological polar surface area (TPSA) is 99.0 Å². The van der Waals surface area contributed by atoms with Crippen molar-refractivity contribution in [1.82, 2.24) is 19.7 Å². The maximum atomic E-state index is 13.3. The second-order valence-corrected chi connectivity index (χ2v) is 8.43. The van der Waals surface area contributed by atoms with E-state index in [-0.39, 0.29) is 4.90 Å². The Kier molecular flexibility index (Phi) is 5.38. The molecule has 31 heavy (non-hydrogen) atoms. The molecule has 0 aliphatic rings. The highest BCUT2D eigenvalue weighted by atomic mass is 32.2. The maximum absolute atomic E-state index is 13.3. The van der Waals surface area contributed by atoms with Crippen LogP contribution in [0.15, 0.2) is 71.9 Å². The van der Waals surface area contributed by atoms with E-state index in [9.17, 15) is 12.8 Å². The molecule has 4 rings (SSSR count). The SMILES string of the molecule is Cc1cc(C)n(-c2cc(Oc3ccc(NS(=O)(=O)c4cccc(F)c4)cc3)ncn2)n1. The zero-order valence-electron chi connectivity index (χ0n) is 16.7. The molecule has 0 amide bonds. The number of aromatic nitrogens is 4. The van der Waals surface area contributed by atoms with Gasteiger partial charge < -0.3 is 4.74 Å². The van der Waals surface area contributed by atoms with Crippen molar-refractivity contribution in [1.29, 1.82) is 0 Å². The Hall–Kier alpha value is -3.79. The van der Waals surface area contributed by atoms with E-state index in [1.54, 1.807) is 22.9 Å². The third-order valence-electron chi connectivity index (χ3n) is 4.29. The Morgan fingerprint density at radius 3 is 2.45 bits per heavy atom. The first-order valence-electron chi connectivity index (χ1n) is 9.22. The minimum Gasteiger partial charge on any atom is -0.439 e. The zero-order valence-corrected chi connectivity index (χ0v) is 17.5. The molecule has 0 fully saturated rings. The molecule has 0 spiro atoms. The molecule has 8 nitrogen and oxygen atoms in total. The first kappa shape index (κ1) is 20.5. The van der Waals surface area contributed by atoms with Crippen molar-refractivity contribution >= 4 is 15.7 Å². The number of benzene rings is 2. The van der Waals surface area contributed by atoms with Crippen LogP contribution in [-0.4, -0.2) is 28.2 Å². The number of sulfonamides is 1. The van der Waals surface area contributed by atoms with Crippen LogP contribution in [0.5, 0.6) is 11.6 Å². The van der Waals surface area contributed by atoms with Crippen molar-refractivity contribution < 1.29 is 17.5 Å². The van der Waals surface area contributed by atoms with Crippen LogP contribution in [0.4, 0.5) is 10.1 Å². The Morgan fingerprint density at radius 1 is 1.00 bits per heavy atom. The molecule has 0 saturated carbocycles. The molecule has 158 valence electrons. The van der Waals surface area contributed by atoms with Gasteiger partial charge in [0.2, 0.25) is 5.88 Å². The molecule has 0 radical (unpaired) electrons. The van der Waals surface area contributed by atoms with Gasteiger partial charge in [0.05, 0.1) is 10.6 Å². The van der Waals surface area contributed by atoms with E-state index in [0.717, 1.165) is 17.5 Å². The van der Waals surface area contributed by atoms with Crippen LogP contribution in [0, 0.1) is 19.7 Å². The molecule has 4 aromatic rings. The number of halogens is 1. The summed E-state index contributed by atoms with van der Waals surface area (Å²) in [6.07, 6.45) is 1.38. The van der Waals surface area contributed by atoms with Crippen LogP contribution in [0.1, 0.15) is 11.4 Å². The molecule has 10 heteroatoms. The lowest BCUT2D eigenvalue weighted by Gasteiger charge is -2.10. The smallest absolute Gasteiger partial charge is 0.261 e. The van der Waals surface area contributed by atoms with Crippen LogP contribution >= 0.6 is 0 Å². The Bertz CT molecular complexity index is 1340. The molecule has 0 bridgehead atoms. The summed E-state index contributed by atoms with van der Waals surface area (Å²) in [6, 6.07) is 14.6. The highest BCUT2D eigenvalue weighted by molar-refractivity contribution is 7.92. The molecule has 1 N–H and O–H groups in total. The molecule has 0 aliphatic heterocycles. The van der Waals surface area contributed by atoms with Gasteiger partial charge in [-0.1, -0.05) is 6.07 Å². The van der Waals surface area contributed by atoms with E-state index in [0.29, 0.717) is 23.1 Å². The van der Waals surface area contributed by atoms with Gasteiger partial charge in [-0.25, -0.2) is 27.5 Å². The summed E-state index contributed by atoms with van der Waals surface area (Å²) in [6.45, 7) is 3.82. The predicted octanol–water partition coefficient (Wildman–Crippen LogP) is 4.01. The summed E-state index contributed by atoms with van der Waals surface area (Å²) in [4.78, 5) is 8.16. The lowest BCUT2D eigenvalue weighted by atomic mass is 10.3. The fraction of sp³-hybridized carbons (Fsp3) is 0.0952. The lowest BCUT2D eigenvalue weighted by Crippen LogP contribution is -2.13. The van der Waals surface area contributed by atoms with E-state index in [1.807, 2.05) is 19.9 Å². The number of rotatable bonds is 6. The van der Waals surface area contributed by atoms with Gasteiger partial charge in [0, 0.05) is 17.4 Å². The summed E-state index contributed by atoms with van der Waals surface area (Å²) in [5.41, 5.74) is 2.11. The van der Waals surface area contributed by atoms with Gasteiger partial charge in [0.25, 0.3) is 10.0 Å². The van der Waals surface area contributed by atoms with Crippen LogP contribution in [0.3, 0.4) is 0 Å². The van der Waals surface area contributed by atoms with E-state index in [2.05, 4.69) is 19.8 Å². The summed E-state index contributed by atoms with van der Waals surface area (Å²) in [5.74, 6) is 0.698. The van der Waals surface area contributed by atoms with Crippen molar-refractivity contribution in [3.8, 4) is 17.4 Å². The summed E-state index contributed by atoms with van der Waals surface area (Å²) >= 11 is 0. The first-order valence-corrected chi connectivity index (χ1v) is 10.7. The van der Waals surface area contributed by atoms with Crippen molar-refractivity contribution in [3.63, 3.8) is 0 Å². The van der Waals surface area contributed by atoms with Gasteiger partial charge >= 0.3 is 0 Å². The normalized spacial score (nSPS) is 11.3. The summed E-state index contributed by atoms with van der Waals surface area (Å²) in [7, 11) is -3.91. The fourth-order valence-corrected chi connectivity index (χ4v) is 4.01. The van der Waals surface area contributed by atoms with Crippen LogP contribution in [-0.2, 0) is 10.0 Å². The van der Waals surface area contributed by atoms with Gasteiger partial charge in [-0.15, -0.1) is 0 Å².